The maximum atomic E-state index is 13.9. The molecule has 1 aliphatic heterocycles. The van der Waals surface area contributed by atoms with Gasteiger partial charge in [0.25, 0.3) is 0 Å². The van der Waals surface area contributed by atoms with Gasteiger partial charge in [-0.2, -0.15) is 0 Å². The first kappa shape index (κ1) is 15.4. The molecule has 1 aromatic carbocycles. The van der Waals surface area contributed by atoms with E-state index >= 15 is 0 Å². The minimum absolute atomic E-state index is 0.0179. The molecule has 1 fully saturated rings. The van der Waals surface area contributed by atoms with Crippen LogP contribution in [-0.4, -0.2) is 43.3 Å². The number of hydrogen-bond acceptors (Lipinski definition) is 3. The minimum Gasteiger partial charge on any atom is -0.396 e. The van der Waals surface area contributed by atoms with Gasteiger partial charge in [0.15, 0.2) is 0 Å². The summed E-state index contributed by atoms with van der Waals surface area (Å²) < 4.78 is 13.9. The Morgan fingerprint density at radius 2 is 2.20 bits per heavy atom. The van der Waals surface area contributed by atoms with Crippen LogP contribution in [-0.2, 0) is 0 Å². The molecule has 1 aliphatic rings. The van der Waals surface area contributed by atoms with Crippen LogP contribution < -0.4 is 5.32 Å². The summed E-state index contributed by atoms with van der Waals surface area (Å²) in [7, 11) is 1.88. The van der Waals surface area contributed by atoms with E-state index in [-0.39, 0.29) is 18.5 Å². The Morgan fingerprint density at radius 1 is 1.45 bits per heavy atom. The van der Waals surface area contributed by atoms with Gasteiger partial charge in [-0.1, -0.05) is 25.1 Å². The number of rotatable bonds is 6. The van der Waals surface area contributed by atoms with Gasteiger partial charge < -0.3 is 15.3 Å². The van der Waals surface area contributed by atoms with E-state index < -0.39 is 0 Å². The van der Waals surface area contributed by atoms with E-state index in [0.29, 0.717) is 11.8 Å². The van der Waals surface area contributed by atoms with Gasteiger partial charge in [0, 0.05) is 31.3 Å². The highest BCUT2D eigenvalue weighted by atomic mass is 19.1. The molecule has 3 atom stereocenters. The molecular weight excluding hydrogens is 255 g/mol. The quantitative estimate of drug-likeness (QED) is 0.837. The number of nitrogens with one attached hydrogen (secondary N) is 1. The SMILES string of the molecule is CNC(c1ccccc1F)C(C)CN1CCC(CO)C1. The van der Waals surface area contributed by atoms with E-state index in [4.69, 9.17) is 0 Å². The topological polar surface area (TPSA) is 35.5 Å². The van der Waals surface area contributed by atoms with Crippen LogP contribution in [0.15, 0.2) is 24.3 Å². The fourth-order valence-corrected chi connectivity index (χ4v) is 3.21. The summed E-state index contributed by atoms with van der Waals surface area (Å²) in [5.74, 6) is 0.575. The number of likely N-dealkylation sites (tertiary alicyclic amines) is 1. The monoisotopic (exact) mass is 280 g/mol. The molecule has 0 aromatic heterocycles. The van der Waals surface area contributed by atoms with Crippen LogP contribution in [0.1, 0.15) is 24.9 Å². The van der Waals surface area contributed by atoms with Crippen molar-refractivity contribution in [3.63, 3.8) is 0 Å². The van der Waals surface area contributed by atoms with Crippen molar-refractivity contribution >= 4 is 0 Å². The summed E-state index contributed by atoms with van der Waals surface area (Å²) in [5.41, 5.74) is 0.736. The smallest absolute Gasteiger partial charge is 0.127 e. The minimum atomic E-state index is -0.145. The molecule has 0 radical (unpaired) electrons. The lowest BCUT2D eigenvalue weighted by Gasteiger charge is -2.28. The van der Waals surface area contributed by atoms with Crippen molar-refractivity contribution in [2.75, 3.05) is 33.3 Å². The number of hydrogen-bond donors (Lipinski definition) is 2. The lowest BCUT2D eigenvalue weighted by atomic mass is 9.93. The second-order valence-electron chi connectivity index (χ2n) is 5.86. The van der Waals surface area contributed by atoms with Crippen LogP contribution in [0.4, 0.5) is 4.39 Å². The molecule has 1 saturated heterocycles. The zero-order chi connectivity index (χ0) is 14.5. The van der Waals surface area contributed by atoms with Crippen molar-refractivity contribution < 1.29 is 9.50 Å². The zero-order valence-corrected chi connectivity index (χ0v) is 12.3. The molecule has 0 aliphatic carbocycles. The molecule has 0 bridgehead atoms. The fourth-order valence-electron chi connectivity index (χ4n) is 3.21. The number of halogens is 1. The highest BCUT2D eigenvalue weighted by Crippen LogP contribution is 2.26. The lowest BCUT2D eigenvalue weighted by molar-refractivity contribution is 0.206. The van der Waals surface area contributed by atoms with E-state index in [1.54, 1.807) is 6.07 Å². The van der Waals surface area contributed by atoms with Gasteiger partial charge in [0.05, 0.1) is 0 Å². The molecule has 3 nitrogen and oxygen atoms in total. The largest absolute Gasteiger partial charge is 0.396 e. The highest BCUT2D eigenvalue weighted by Gasteiger charge is 2.27. The first-order chi connectivity index (χ1) is 9.65. The van der Waals surface area contributed by atoms with Crippen molar-refractivity contribution in [1.82, 2.24) is 10.2 Å². The summed E-state index contributed by atoms with van der Waals surface area (Å²) >= 11 is 0. The predicted molar refractivity (Wildman–Crippen MR) is 79.0 cm³/mol. The molecule has 2 rings (SSSR count). The van der Waals surface area contributed by atoms with Crippen LogP contribution >= 0.6 is 0 Å². The van der Waals surface area contributed by atoms with Gasteiger partial charge >= 0.3 is 0 Å². The van der Waals surface area contributed by atoms with Crippen molar-refractivity contribution in [2.45, 2.75) is 19.4 Å². The Labute approximate surface area is 120 Å². The predicted octanol–water partition coefficient (Wildman–Crippen LogP) is 2.04. The van der Waals surface area contributed by atoms with Crippen molar-refractivity contribution in [2.24, 2.45) is 11.8 Å². The summed E-state index contributed by atoms with van der Waals surface area (Å²) in [4.78, 5) is 2.37. The Hall–Kier alpha value is -0.970. The van der Waals surface area contributed by atoms with Gasteiger partial charge in [-0.3, -0.25) is 0 Å². The Bertz CT molecular complexity index is 427. The lowest BCUT2D eigenvalue weighted by Crippen LogP contribution is -2.34. The van der Waals surface area contributed by atoms with E-state index in [9.17, 15) is 9.50 Å². The summed E-state index contributed by atoms with van der Waals surface area (Å²) in [5, 5.41) is 12.4. The first-order valence-corrected chi connectivity index (χ1v) is 7.40. The van der Waals surface area contributed by atoms with Crippen molar-refractivity contribution in [1.29, 1.82) is 0 Å². The number of benzene rings is 1. The summed E-state index contributed by atoms with van der Waals surface area (Å²) in [6, 6.07) is 7.00. The third kappa shape index (κ3) is 3.57. The van der Waals surface area contributed by atoms with E-state index in [2.05, 4.69) is 17.1 Å². The Morgan fingerprint density at radius 3 is 2.80 bits per heavy atom. The molecule has 0 amide bonds. The number of aliphatic hydroxyl groups is 1. The molecule has 4 heteroatoms. The van der Waals surface area contributed by atoms with Gasteiger partial charge in [-0.25, -0.2) is 4.39 Å². The average Bonchev–Trinajstić information content (AvgIpc) is 2.89. The van der Waals surface area contributed by atoms with Gasteiger partial charge in [-0.15, -0.1) is 0 Å². The van der Waals surface area contributed by atoms with Crippen LogP contribution in [0.3, 0.4) is 0 Å². The van der Waals surface area contributed by atoms with Crippen LogP contribution in [0, 0.1) is 17.7 Å². The Kier molecular flexibility index (Phi) is 5.52. The van der Waals surface area contributed by atoms with Gasteiger partial charge in [-0.05, 0) is 37.9 Å². The number of aliphatic hydroxyl groups excluding tert-OH is 1. The third-order valence-corrected chi connectivity index (χ3v) is 4.29. The molecule has 3 unspecified atom stereocenters. The molecule has 1 heterocycles. The van der Waals surface area contributed by atoms with Gasteiger partial charge in [0.2, 0.25) is 0 Å². The molecule has 112 valence electrons. The van der Waals surface area contributed by atoms with Crippen molar-refractivity contribution in [3.05, 3.63) is 35.6 Å². The number of nitrogens with zero attached hydrogens (tertiary/aromatic N) is 1. The molecular formula is C16H25FN2O. The second-order valence-corrected chi connectivity index (χ2v) is 5.86. The zero-order valence-electron chi connectivity index (χ0n) is 12.3. The second kappa shape index (κ2) is 7.16. The van der Waals surface area contributed by atoms with Crippen molar-refractivity contribution in [3.8, 4) is 0 Å². The highest BCUT2D eigenvalue weighted by molar-refractivity contribution is 5.21. The summed E-state index contributed by atoms with van der Waals surface area (Å²) in [6.45, 7) is 5.34. The molecule has 0 spiro atoms. The van der Waals surface area contributed by atoms with E-state index in [1.165, 1.54) is 6.07 Å². The fraction of sp³-hybridized carbons (Fsp3) is 0.625. The van der Waals surface area contributed by atoms with E-state index in [0.717, 1.165) is 31.6 Å². The molecule has 20 heavy (non-hydrogen) atoms. The average molecular weight is 280 g/mol. The van der Waals surface area contributed by atoms with Crippen LogP contribution in [0.25, 0.3) is 0 Å². The maximum absolute atomic E-state index is 13.9. The van der Waals surface area contributed by atoms with Crippen LogP contribution in [0.5, 0.6) is 0 Å². The normalized spacial score (nSPS) is 22.9. The molecule has 1 aromatic rings. The molecule has 0 saturated carbocycles. The van der Waals surface area contributed by atoms with E-state index in [1.807, 2.05) is 19.2 Å². The standard InChI is InChI=1S/C16H25FN2O/c1-12(9-19-8-7-13(10-19)11-20)16(18-2)14-5-3-4-6-15(14)17/h3-6,12-13,16,18,20H,7-11H2,1-2H3. The first-order valence-electron chi connectivity index (χ1n) is 7.40. The maximum Gasteiger partial charge on any atom is 0.127 e. The third-order valence-electron chi connectivity index (χ3n) is 4.29. The Balaban J connectivity index is 1.99. The van der Waals surface area contributed by atoms with Gasteiger partial charge in [0.1, 0.15) is 5.82 Å². The summed E-state index contributed by atoms with van der Waals surface area (Å²) in [6.07, 6.45) is 1.06. The van der Waals surface area contributed by atoms with Crippen LogP contribution in [0.2, 0.25) is 0 Å². The molecule has 2 N–H and O–H groups in total.